The van der Waals surface area contributed by atoms with Crippen LogP contribution in [0.5, 0.6) is 11.5 Å². The minimum absolute atomic E-state index is 0.434. The van der Waals surface area contributed by atoms with Crippen LogP contribution in [0.3, 0.4) is 0 Å². The summed E-state index contributed by atoms with van der Waals surface area (Å²) < 4.78 is 15.5. The zero-order valence-corrected chi connectivity index (χ0v) is 10.4. The SMILES string of the molecule is COc1ccc(-c2onc(C)c2C=O)cc1OC. The monoisotopic (exact) mass is 247 g/mol. The number of methoxy groups -OCH3 is 2. The number of aldehydes is 1. The van der Waals surface area contributed by atoms with Crippen molar-refractivity contribution in [1.82, 2.24) is 5.16 Å². The molecule has 0 unspecified atom stereocenters. The molecule has 0 bridgehead atoms. The van der Waals surface area contributed by atoms with Crippen molar-refractivity contribution in [3.05, 3.63) is 29.5 Å². The Labute approximate surface area is 104 Å². The molecule has 5 nitrogen and oxygen atoms in total. The maximum Gasteiger partial charge on any atom is 0.177 e. The average molecular weight is 247 g/mol. The van der Waals surface area contributed by atoms with Crippen molar-refractivity contribution in [1.29, 1.82) is 0 Å². The van der Waals surface area contributed by atoms with Gasteiger partial charge in [-0.2, -0.15) is 0 Å². The van der Waals surface area contributed by atoms with Gasteiger partial charge >= 0.3 is 0 Å². The van der Waals surface area contributed by atoms with Crippen LogP contribution >= 0.6 is 0 Å². The second-order valence-electron chi connectivity index (χ2n) is 3.70. The Bertz CT molecular complexity index is 574. The van der Waals surface area contributed by atoms with Gasteiger partial charge in [0.15, 0.2) is 23.5 Å². The normalized spacial score (nSPS) is 10.2. The fraction of sp³-hybridized carbons (Fsp3) is 0.231. The van der Waals surface area contributed by atoms with Crippen molar-refractivity contribution in [2.75, 3.05) is 14.2 Å². The van der Waals surface area contributed by atoms with E-state index < -0.39 is 0 Å². The number of hydrogen-bond acceptors (Lipinski definition) is 5. The van der Waals surface area contributed by atoms with Crippen molar-refractivity contribution in [2.24, 2.45) is 0 Å². The molecule has 0 fully saturated rings. The van der Waals surface area contributed by atoms with Crippen molar-refractivity contribution >= 4 is 6.29 Å². The van der Waals surface area contributed by atoms with E-state index in [0.29, 0.717) is 28.5 Å². The Morgan fingerprint density at radius 2 is 1.94 bits per heavy atom. The first-order chi connectivity index (χ1) is 8.71. The predicted octanol–water partition coefficient (Wildman–Crippen LogP) is 2.48. The highest BCUT2D eigenvalue weighted by Crippen LogP contribution is 2.33. The quantitative estimate of drug-likeness (QED) is 0.777. The molecule has 0 saturated heterocycles. The van der Waals surface area contributed by atoms with Crippen molar-refractivity contribution in [2.45, 2.75) is 6.92 Å². The molecule has 1 aromatic heterocycles. The van der Waals surface area contributed by atoms with Gasteiger partial charge < -0.3 is 14.0 Å². The van der Waals surface area contributed by atoms with Crippen LogP contribution in [0.2, 0.25) is 0 Å². The van der Waals surface area contributed by atoms with Gasteiger partial charge in [0, 0.05) is 5.56 Å². The fourth-order valence-corrected chi connectivity index (χ4v) is 1.70. The third-order valence-corrected chi connectivity index (χ3v) is 2.67. The summed E-state index contributed by atoms with van der Waals surface area (Å²) in [5, 5.41) is 3.78. The number of hydrogen-bond donors (Lipinski definition) is 0. The van der Waals surface area contributed by atoms with E-state index in [2.05, 4.69) is 5.16 Å². The number of aromatic nitrogens is 1. The number of carbonyl (C=O) groups is 1. The third kappa shape index (κ3) is 1.95. The van der Waals surface area contributed by atoms with Gasteiger partial charge in [0.2, 0.25) is 0 Å². The van der Waals surface area contributed by atoms with Crippen LogP contribution in [-0.2, 0) is 0 Å². The molecule has 5 heteroatoms. The number of nitrogens with zero attached hydrogens (tertiary/aromatic N) is 1. The lowest BCUT2D eigenvalue weighted by molar-refractivity contribution is 0.112. The molecule has 0 aliphatic heterocycles. The highest BCUT2D eigenvalue weighted by atomic mass is 16.5. The van der Waals surface area contributed by atoms with Crippen LogP contribution < -0.4 is 9.47 Å². The van der Waals surface area contributed by atoms with Gasteiger partial charge in [-0.3, -0.25) is 4.79 Å². The molecule has 0 N–H and O–H groups in total. The van der Waals surface area contributed by atoms with Gasteiger partial charge in [0.05, 0.1) is 25.5 Å². The summed E-state index contributed by atoms with van der Waals surface area (Å²) in [6.45, 7) is 1.72. The summed E-state index contributed by atoms with van der Waals surface area (Å²) in [5.41, 5.74) is 1.73. The maximum absolute atomic E-state index is 11.0. The molecule has 0 aliphatic rings. The largest absolute Gasteiger partial charge is 0.493 e. The topological polar surface area (TPSA) is 61.6 Å². The predicted molar refractivity (Wildman–Crippen MR) is 65.2 cm³/mol. The van der Waals surface area contributed by atoms with E-state index in [9.17, 15) is 4.79 Å². The molecule has 0 atom stereocenters. The van der Waals surface area contributed by atoms with E-state index in [4.69, 9.17) is 14.0 Å². The third-order valence-electron chi connectivity index (χ3n) is 2.67. The summed E-state index contributed by atoms with van der Waals surface area (Å²) in [7, 11) is 3.11. The Morgan fingerprint density at radius 3 is 2.56 bits per heavy atom. The van der Waals surface area contributed by atoms with Gasteiger partial charge in [0.1, 0.15) is 0 Å². The lowest BCUT2D eigenvalue weighted by Crippen LogP contribution is -1.91. The minimum atomic E-state index is 0.434. The first-order valence-corrected chi connectivity index (χ1v) is 5.35. The van der Waals surface area contributed by atoms with E-state index >= 15 is 0 Å². The summed E-state index contributed by atoms with van der Waals surface area (Å²) in [6, 6.07) is 5.28. The molecule has 94 valence electrons. The zero-order chi connectivity index (χ0) is 13.1. The number of ether oxygens (including phenoxy) is 2. The molecule has 2 aromatic rings. The van der Waals surface area contributed by atoms with Crippen LogP contribution in [0.15, 0.2) is 22.7 Å². The van der Waals surface area contributed by atoms with Crippen LogP contribution in [-0.4, -0.2) is 25.7 Å². The molecule has 1 aromatic carbocycles. The van der Waals surface area contributed by atoms with Crippen molar-refractivity contribution < 1.29 is 18.8 Å². The standard InChI is InChI=1S/C13H13NO4/c1-8-10(7-15)13(18-14-8)9-4-5-11(16-2)12(6-9)17-3/h4-7H,1-3H3. The van der Waals surface area contributed by atoms with Crippen LogP contribution in [0.1, 0.15) is 16.1 Å². The van der Waals surface area contributed by atoms with Gasteiger partial charge in [-0.05, 0) is 25.1 Å². The van der Waals surface area contributed by atoms with E-state index in [1.54, 1.807) is 39.3 Å². The van der Waals surface area contributed by atoms with Crippen molar-refractivity contribution in [3.8, 4) is 22.8 Å². The lowest BCUT2D eigenvalue weighted by atomic mass is 10.1. The maximum atomic E-state index is 11.0. The minimum Gasteiger partial charge on any atom is -0.493 e. The second kappa shape index (κ2) is 4.91. The average Bonchev–Trinajstić information content (AvgIpc) is 2.78. The number of carbonyl (C=O) groups excluding carboxylic acids is 1. The summed E-state index contributed by atoms with van der Waals surface area (Å²) in [5.74, 6) is 1.62. The smallest absolute Gasteiger partial charge is 0.177 e. The fourth-order valence-electron chi connectivity index (χ4n) is 1.70. The highest BCUT2D eigenvalue weighted by molar-refractivity contribution is 5.86. The molecule has 0 spiro atoms. The number of rotatable bonds is 4. The Hall–Kier alpha value is -2.30. The van der Waals surface area contributed by atoms with Gasteiger partial charge in [-0.1, -0.05) is 5.16 Å². The lowest BCUT2D eigenvalue weighted by Gasteiger charge is -2.08. The molecule has 2 rings (SSSR count). The first kappa shape index (κ1) is 12.2. The highest BCUT2D eigenvalue weighted by Gasteiger charge is 2.16. The van der Waals surface area contributed by atoms with Crippen LogP contribution in [0.25, 0.3) is 11.3 Å². The van der Waals surface area contributed by atoms with Gasteiger partial charge in [-0.25, -0.2) is 0 Å². The Balaban J connectivity index is 2.54. The Kier molecular flexibility index (Phi) is 3.32. The van der Waals surface area contributed by atoms with E-state index in [-0.39, 0.29) is 0 Å². The Morgan fingerprint density at radius 1 is 1.22 bits per heavy atom. The van der Waals surface area contributed by atoms with Gasteiger partial charge in [-0.15, -0.1) is 0 Å². The second-order valence-corrected chi connectivity index (χ2v) is 3.70. The molecular weight excluding hydrogens is 234 g/mol. The van der Waals surface area contributed by atoms with Gasteiger partial charge in [0.25, 0.3) is 0 Å². The summed E-state index contributed by atoms with van der Waals surface area (Å²) in [6.07, 6.45) is 0.734. The summed E-state index contributed by atoms with van der Waals surface area (Å²) in [4.78, 5) is 11.0. The van der Waals surface area contributed by atoms with Crippen LogP contribution in [0.4, 0.5) is 0 Å². The van der Waals surface area contributed by atoms with E-state index in [1.807, 2.05) is 0 Å². The number of benzene rings is 1. The molecule has 0 amide bonds. The van der Waals surface area contributed by atoms with Crippen LogP contribution in [0, 0.1) is 6.92 Å². The molecule has 0 aliphatic carbocycles. The first-order valence-electron chi connectivity index (χ1n) is 5.35. The molecule has 18 heavy (non-hydrogen) atoms. The zero-order valence-electron chi connectivity index (χ0n) is 10.4. The molecule has 0 radical (unpaired) electrons. The van der Waals surface area contributed by atoms with Crippen molar-refractivity contribution in [3.63, 3.8) is 0 Å². The van der Waals surface area contributed by atoms with E-state index in [1.165, 1.54) is 0 Å². The number of aryl methyl sites for hydroxylation is 1. The van der Waals surface area contributed by atoms with E-state index in [0.717, 1.165) is 11.8 Å². The molecular formula is C13H13NO4. The molecule has 1 heterocycles. The molecule has 0 saturated carbocycles. The summed E-state index contributed by atoms with van der Waals surface area (Å²) >= 11 is 0.